The maximum Gasteiger partial charge on any atom is 0.288 e. The van der Waals surface area contributed by atoms with Crippen LogP contribution in [0.3, 0.4) is 0 Å². The van der Waals surface area contributed by atoms with E-state index in [9.17, 15) is 18.5 Å². The SMILES string of the molecule is O=[N+]([O-])c1ccccc1S(=O)(=O)c1ccccc1NCCO. The normalized spacial score (nSPS) is 11.1. The molecule has 2 aromatic carbocycles. The van der Waals surface area contributed by atoms with Crippen LogP contribution in [-0.4, -0.2) is 31.6 Å². The molecule has 0 aliphatic carbocycles. The summed E-state index contributed by atoms with van der Waals surface area (Å²) in [7, 11) is -4.06. The number of hydrogen-bond acceptors (Lipinski definition) is 6. The molecule has 0 amide bonds. The Hall–Kier alpha value is -2.45. The third-order valence-electron chi connectivity index (χ3n) is 2.96. The fourth-order valence-corrected chi connectivity index (χ4v) is 3.59. The first kappa shape index (κ1) is 15.9. The van der Waals surface area contributed by atoms with Crippen LogP contribution in [0.25, 0.3) is 0 Å². The molecule has 0 saturated heterocycles. The Morgan fingerprint density at radius 3 is 2.27 bits per heavy atom. The molecule has 2 N–H and O–H groups in total. The lowest BCUT2D eigenvalue weighted by Gasteiger charge is -2.12. The zero-order chi connectivity index (χ0) is 16.2. The number of nitrogens with one attached hydrogen (secondary N) is 1. The van der Waals surface area contributed by atoms with Gasteiger partial charge in [-0.15, -0.1) is 0 Å². The van der Waals surface area contributed by atoms with Crippen LogP contribution in [0.2, 0.25) is 0 Å². The lowest BCUT2D eigenvalue weighted by atomic mass is 10.3. The monoisotopic (exact) mass is 322 g/mol. The van der Waals surface area contributed by atoms with Crippen LogP contribution in [0.4, 0.5) is 11.4 Å². The highest BCUT2D eigenvalue weighted by molar-refractivity contribution is 7.91. The number of benzene rings is 2. The summed E-state index contributed by atoms with van der Waals surface area (Å²) < 4.78 is 25.5. The van der Waals surface area contributed by atoms with Crippen molar-refractivity contribution in [3.05, 3.63) is 58.6 Å². The number of aliphatic hydroxyl groups excluding tert-OH is 1. The highest BCUT2D eigenvalue weighted by Crippen LogP contribution is 2.32. The van der Waals surface area contributed by atoms with E-state index in [4.69, 9.17) is 5.11 Å². The van der Waals surface area contributed by atoms with Gasteiger partial charge < -0.3 is 10.4 Å². The standard InChI is InChI=1S/C14H14N2O5S/c17-10-9-15-11-5-1-3-7-13(11)22(20,21)14-8-4-2-6-12(14)16(18)19/h1-8,15,17H,9-10H2. The summed E-state index contributed by atoms with van der Waals surface area (Å²) in [5, 5.41) is 22.7. The predicted molar refractivity (Wildman–Crippen MR) is 80.6 cm³/mol. The van der Waals surface area contributed by atoms with Crippen LogP contribution in [-0.2, 0) is 9.84 Å². The smallest absolute Gasteiger partial charge is 0.288 e. The molecule has 8 heteroatoms. The van der Waals surface area contributed by atoms with Crippen molar-refractivity contribution >= 4 is 21.2 Å². The summed E-state index contributed by atoms with van der Waals surface area (Å²) in [6.45, 7) is 0.00326. The highest BCUT2D eigenvalue weighted by Gasteiger charge is 2.28. The van der Waals surface area contributed by atoms with Gasteiger partial charge in [-0.05, 0) is 18.2 Å². The molecule has 0 heterocycles. The van der Waals surface area contributed by atoms with Crippen molar-refractivity contribution in [3.8, 4) is 0 Å². The Bertz CT molecular complexity index is 789. The van der Waals surface area contributed by atoms with E-state index >= 15 is 0 Å². The van der Waals surface area contributed by atoms with Crippen LogP contribution in [0.15, 0.2) is 58.3 Å². The molecular weight excluding hydrogens is 308 g/mol. The molecule has 0 atom stereocenters. The first-order valence-corrected chi connectivity index (χ1v) is 7.89. The second-order valence-electron chi connectivity index (χ2n) is 4.37. The Balaban J connectivity index is 2.59. The van der Waals surface area contributed by atoms with Gasteiger partial charge in [0.1, 0.15) is 4.90 Å². The topological polar surface area (TPSA) is 110 Å². The van der Waals surface area contributed by atoms with Crippen LogP contribution < -0.4 is 5.32 Å². The Morgan fingerprint density at radius 2 is 1.64 bits per heavy atom. The number of anilines is 1. The molecule has 116 valence electrons. The Morgan fingerprint density at radius 1 is 1.05 bits per heavy atom. The first-order valence-electron chi connectivity index (χ1n) is 6.40. The fraction of sp³-hybridized carbons (Fsp3) is 0.143. The third kappa shape index (κ3) is 3.07. The lowest BCUT2D eigenvalue weighted by molar-refractivity contribution is -0.387. The molecular formula is C14H14N2O5S. The van der Waals surface area contributed by atoms with E-state index in [0.29, 0.717) is 0 Å². The molecule has 2 aromatic rings. The summed E-state index contributed by atoms with van der Waals surface area (Å²) in [5.41, 5.74) is -0.186. The van der Waals surface area contributed by atoms with E-state index in [0.717, 1.165) is 6.07 Å². The van der Waals surface area contributed by atoms with Crippen molar-refractivity contribution in [2.45, 2.75) is 9.79 Å². The number of nitrogens with zero attached hydrogens (tertiary/aromatic N) is 1. The van der Waals surface area contributed by atoms with Gasteiger partial charge in [-0.25, -0.2) is 8.42 Å². The van der Waals surface area contributed by atoms with Crippen molar-refractivity contribution < 1.29 is 18.4 Å². The number of para-hydroxylation sites is 2. The lowest BCUT2D eigenvalue weighted by Crippen LogP contribution is -2.11. The van der Waals surface area contributed by atoms with Gasteiger partial charge in [0.25, 0.3) is 5.69 Å². The van der Waals surface area contributed by atoms with Gasteiger partial charge in [-0.2, -0.15) is 0 Å². The fourth-order valence-electron chi connectivity index (χ4n) is 1.99. The number of rotatable bonds is 6. The molecule has 0 spiro atoms. The molecule has 0 fully saturated rings. The summed E-state index contributed by atoms with van der Waals surface area (Å²) >= 11 is 0. The molecule has 0 radical (unpaired) electrons. The van der Waals surface area contributed by atoms with Crippen molar-refractivity contribution in [3.63, 3.8) is 0 Å². The number of nitro benzene ring substituents is 1. The van der Waals surface area contributed by atoms with E-state index < -0.39 is 20.4 Å². The highest BCUT2D eigenvalue weighted by atomic mass is 32.2. The minimum atomic E-state index is -4.06. The van der Waals surface area contributed by atoms with E-state index in [2.05, 4.69) is 5.32 Å². The predicted octanol–water partition coefficient (Wildman–Crippen LogP) is 1.83. The van der Waals surface area contributed by atoms with Crippen LogP contribution in [0, 0.1) is 10.1 Å². The molecule has 7 nitrogen and oxygen atoms in total. The van der Waals surface area contributed by atoms with Crippen LogP contribution in [0.1, 0.15) is 0 Å². The van der Waals surface area contributed by atoms with E-state index in [1.807, 2.05) is 0 Å². The number of aliphatic hydroxyl groups is 1. The third-order valence-corrected chi connectivity index (χ3v) is 4.81. The van der Waals surface area contributed by atoms with Crippen molar-refractivity contribution in [2.24, 2.45) is 0 Å². The van der Waals surface area contributed by atoms with Crippen molar-refractivity contribution in [2.75, 3.05) is 18.5 Å². The number of hydrogen-bond donors (Lipinski definition) is 2. The zero-order valence-electron chi connectivity index (χ0n) is 11.5. The van der Waals surface area contributed by atoms with Gasteiger partial charge in [0, 0.05) is 12.6 Å². The Kier molecular flexibility index (Phi) is 4.74. The minimum Gasteiger partial charge on any atom is -0.395 e. The average Bonchev–Trinajstić information content (AvgIpc) is 2.53. The van der Waals surface area contributed by atoms with Gasteiger partial charge in [-0.1, -0.05) is 24.3 Å². The van der Waals surface area contributed by atoms with E-state index in [-0.39, 0.29) is 28.6 Å². The first-order chi connectivity index (χ1) is 10.5. The van der Waals surface area contributed by atoms with Gasteiger partial charge in [0.2, 0.25) is 9.84 Å². The Labute approximate surface area is 127 Å². The number of sulfone groups is 1. The van der Waals surface area contributed by atoms with Gasteiger partial charge >= 0.3 is 0 Å². The molecule has 22 heavy (non-hydrogen) atoms. The van der Waals surface area contributed by atoms with Gasteiger partial charge in [0.05, 0.1) is 22.1 Å². The van der Waals surface area contributed by atoms with Gasteiger partial charge in [-0.3, -0.25) is 10.1 Å². The molecule has 0 saturated carbocycles. The maximum absolute atomic E-state index is 12.7. The average molecular weight is 322 g/mol. The maximum atomic E-state index is 12.7. The van der Waals surface area contributed by atoms with E-state index in [1.165, 1.54) is 36.4 Å². The second kappa shape index (κ2) is 6.54. The summed E-state index contributed by atoms with van der Waals surface area (Å²) in [5.74, 6) is 0. The molecule has 0 aromatic heterocycles. The van der Waals surface area contributed by atoms with Crippen molar-refractivity contribution in [1.29, 1.82) is 0 Å². The molecule has 2 rings (SSSR count). The molecule has 0 bridgehead atoms. The molecule has 0 unspecified atom stereocenters. The molecule has 0 aliphatic rings. The quantitative estimate of drug-likeness (QED) is 0.620. The summed E-state index contributed by atoms with van der Waals surface area (Å²) in [6, 6.07) is 11.3. The number of nitro groups is 1. The zero-order valence-corrected chi connectivity index (χ0v) is 12.3. The second-order valence-corrected chi connectivity index (χ2v) is 6.26. The summed E-state index contributed by atoms with van der Waals surface area (Å²) in [4.78, 5) is 9.89. The van der Waals surface area contributed by atoms with E-state index in [1.54, 1.807) is 6.07 Å². The minimum absolute atomic E-state index is 0.0715. The van der Waals surface area contributed by atoms with Gasteiger partial charge in [0.15, 0.2) is 0 Å². The summed E-state index contributed by atoms with van der Waals surface area (Å²) in [6.07, 6.45) is 0. The largest absolute Gasteiger partial charge is 0.395 e. The van der Waals surface area contributed by atoms with Crippen LogP contribution >= 0.6 is 0 Å². The van der Waals surface area contributed by atoms with Crippen LogP contribution in [0.5, 0.6) is 0 Å². The molecule has 0 aliphatic heterocycles. The van der Waals surface area contributed by atoms with Crippen molar-refractivity contribution in [1.82, 2.24) is 0 Å².